The van der Waals surface area contributed by atoms with Gasteiger partial charge in [0.15, 0.2) is 0 Å². The summed E-state index contributed by atoms with van der Waals surface area (Å²) in [6, 6.07) is 7.08. The van der Waals surface area contributed by atoms with Crippen molar-refractivity contribution in [2.45, 2.75) is 12.6 Å². The molecule has 1 atom stereocenters. The molecular formula is C11H18N2O2. The molecule has 0 amide bonds. The SMILES string of the molecule is CN(C)C(C)(O)COc1ccc(N)cc1. The summed E-state index contributed by atoms with van der Waals surface area (Å²) in [5.41, 5.74) is 5.27. The van der Waals surface area contributed by atoms with Crippen molar-refractivity contribution in [1.82, 2.24) is 4.90 Å². The minimum atomic E-state index is -0.971. The molecule has 84 valence electrons. The van der Waals surface area contributed by atoms with Crippen LogP contribution in [-0.4, -0.2) is 36.4 Å². The largest absolute Gasteiger partial charge is 0.489 e. The van der Waals surface area contributed by atoms with Gasteiger partial charge in [-0.2, -0.15) is 0 Å². The number of nitrogens with zero attached hydrogens (tertiary/aromatic N) is 1. The summed E-state index contributed by atoms with van der Waals surface area (Å²) in [7, 11) is 3.60. The highest BCUT2D eigenvalue weighted by Gasteiger charge is 2.23. The van der Waals surface area contributed by atoms with Gasteiger partial charge in [-0.15, -0.1) is 0 Å². The van der Waals surface area contributed by atoms with Crippen LogP contribution < -0.4 is 10.5 Å². The molecule has 0 aliphatic rings. The number of nitrogen functional groups attached to an aromatic ring is 1. The van der Waals surface area contributed by atoms with Crippen molar-refractivity contribution in [2.75, 3.05) is 26.4 Å². The van der Waals surface area contributed by atoms with Crippen LogP contribution in [0.15, 0.2) is 24.3 Å². The number of hydrogen-bond donors (Lipinski definition) is 2. The molecule has 3 N–H and O–H groups in total. The standard InChI is InChI=1S/C11H18N2O2/c1-11(14,13(2)3)8-15-10-6-4-9(12)5-7-10/h4-7,14H,8,12H2,1-3H3. The van der Waals surface area contributed by atoms with Gasteiger partial charge in [-0.25, -0.2) is 0 Å². The summed E-state index contributed by atoms with van der Waals surface area (Å²) >= 11 is 0. The van der Waals surface area contributed by atoms with E-state index in [1.807, 2.05) is 0 Å². The molecule has 4 nitrogen and oxygen atoms in total. The minimum Gasteiger partial charge on any atom is -0.489 e. The van der Waals surface area contributed by atoms with Gasteiger partial charge in [0.25, 0.3) is 0 Å². The summed E-state index contributed by atoms with van der Waals surface area (Å²) < 4.78 is 5.44. The number of benzene rings is 1. The van der Waals surface area contributed by atoms with Gasteiger partial charge in [0, 0.05) is 5.69 Å². The van der Waals surface area contributed by atoms with Crippen LogP contribution in [0.3, 0.4) is 0 Å². The lowest BCUT2D eigenvalue weighted by molar-refractivity contribution is -0.0944. The first-order valence-corrected chi connectivity index (χ1v) is 4.80. The lowest BCUT2D eigenvalue weighted by Crippen LogP contribution is -2.46. The molecule has 0 spiro atoms. The maximum Gasteiger partial charge on any atom is 0.149 e. The first-order chi connectivity index (χ1) is 6.92. The smallest absolute Gasteiger partial charge is 0.149 e. The molecule has 15 heavy (non-hydrogen) atoms. The van der Waals surface area contributed by atoms with Crippen molar-refractivity contribution < 1.29 is 9.84 Å². The number of ether oxygens (including phenoxy) is 1. The van der Waals surface area contributed by atoms with E-state index in [1.165, 1.54) is 0 Å². The van der Waals surface area contributed by atoms with Crippen LogP contribution >= 0.6 is 0 Å². The van der Waals surface area contributed by atoms with Crippen molar-refractivity contribution in [2.24, 2.45) is 0 Å². The van der Waals surface area contributed by atoms with E-state index in [1.54, 1.807) is 50.2 Å². The molecule has 0 aliphatic carbocycles. The fourth-order valence-electron chi connectivity index (χ4n) is 0.913. The third-order valence-electron chi connectivity index (χ3n) is 2.36. The lowest BCUT2D eigenvalue weighted by Gasteiger charge is -2.30. The summed E-state index contributed by atoms with van der Waals surface area (Å²) in [5, 5.41) is 9.88. The average molecular weight is 210 g/mol. The molecule has 0 radical (unpaired) electrons. The maximum atomic E-state index is 9.88. The van der Waals surface area contributed by atoms with E-state index >= 15 is 0 Å². The Balaban J connectivity index is 2.54. The molecule has 1 aromatic rings. The first kappa shape index (κ1) is 11.8. The van der Waals surface area contributed by atoms with Gasteiger partial charge in [0.2, 0.25) is 0 Å². The second kappa shape index (κ2) is 4.51. The number of anilines is 1. The summed E-state index contributed by atoms with van der Waals surface area (Å²) in [6.45, 7) is 1.91. The zero-order valence-corrected chi connectivity index (χ0v) is 9.40. The summed E-state index contributed by atoms with van der Waals surface area (Å²) in [4.78, 5) is 1.70. The highest BCUT2D eigenvalue weighted by atomic mass is 16.5. The van der Waals surface area contributed by atoms with Crippen molar-refractivity contribution in [3.05, 3.63) is 24.3 Å². The predicted octanol–water partition coefficient (Wildman–Crippen LogP) is 0.918. The van der Waals surface area contributed by atoms with Crippen LogP contribution in [0.1, 0.15) is 6.92 Å². The highest BCUT2D eigenvalue weighted by Crippen LogP contribution is 2.15. The average Bonchev–Trinajstić information content (AvgIpc) is 2.17. The van der Waals surface area contributed by atoms with Crippen molar-refractivity contribution >= 4 is 5.69 Å². The van der Waals surface area contributed by atoms with Crippen LogP contribution in [0.4, 0.5) is 5.69 Å². The Morgan fingerprint density at radius 3 is 2.33 bits per heavy atom. The van der Waals surface area contributed by atoms with Crippen LogP contribution in [0.5, 0.6) is 5.75 Å². The molecule has 0 fully saturated rings. The quantitative estimate of drug-likeness (QED) is 0.573. The highest BCUT2D eigenvalue weighted by molar-refractivity contribution is 5.41. The monoisotopic (exact) mass is 210 g/mol. The lowest BCUT2D eigenvalue weighted by atomic mass is 10.2. The minimum absolute atomic E-state index is 0.212. The van der Waals surface area contributed by atoms with E-state index in [4.69, 9.17) is 10.5 Å². The molecule has 0 saturated carbocycles. The molecule has 1 aromatic carbocycles. The fourth-order valence-corrected chi connectivity index (χ4v) is 0.913. The van der Waals surface area contributed by atoms with E-state index < -0.39 is 5.72 Å². The molecule has 0 saturated heterocycles. The van der Waals surface area contributed by atoms with Gasteiger partial charge in [-0.1, -0.05) is 0 Å². The molecule has 0 heterocycles. The molecule has 1 unspecified atom stereocenters. The zero-order valence-electron chi connectivity index (χ0n) is 9.40. The van der Waals surface area contributed by atoms with Crippen LogP contribution in [0.25, 0.3) is 0 Å². The third kappa shape index (κ3) is 3.42. The molecule has 0 aliphatic heterocycles. The van der Waals surface area contributed by atoms with Gasteiger partial charge in [-0.3, -0.25) is 4.90 Å². The maximum absolute atomic E-state index is 9.88. The van der Waals surface area contributed by atoms with Crippen LogP contribution in [0.2, 0.25) is 0 Å². The predicted molar refractivity (Wildman–Crippen MR) is 60.7 cm³/mol. The molecule has 4 heteroatoms. The Labute approximate surface area is 90.3 Å². The van der Waals surface area contributed by atoms with E-state index in [-0.39, 0.29) is 6.61 Å². The zero-order chi connectivity index (χ0) is 11.5. The second-order valence-electron chi connectivity index (χ2n) is 3.97. The van der Waals surface area contributed by atoms with Crippen LogP contribution in [-0.2, 0) is 0 Å². The Kier molecular flexibility index (Phi) is 3.55. The number of hydrogen-bond acceptors (Lipinski definition) is 4. The number of rotatable bonds is 4. The van der Waals surface area contributed by atoms with E-state index in [2.05, 4.69) is 0 Å². The summed E-state index contributed by atoms with van der Waals surface area (Å²) in [5.74, 6) is 0.700. The van der Waals surface area contributed by atoms with Gasteiger partial charge >= 0.3 is 0 Å². The third-order valence-corrected chi connectivity index (χ3v) is 2.36. The normalized spacial score (nSPS) is 15.0. The topological polar surface area (TPSA) is 58.7 Å². The van der Waals surface area contributed by atoms with Crippen molar-refractivity contribution in [3.8, 4) is 5.75 Å². The Morgan fingerprint density at radius 2 is 1.87 bits per heavy atom. The Morgan fingerprint density at radius 1 is 1.33 bits per heavy atom. The summed E-state index contributed by atoms with van der Waals surface area (Å²) in [6.07, 6.45) is 0. The Bertz CT molecular complexity index is 307. The van der Waals surface area contributed by atoms with Gasteiger partial charge in [0.05, 0.1) is 0 Å². The van der Waals surface area contributed by atoms with E-state index in [9.17, 15) is 5.11 Å². The molecular weight excluding hydrogens is 192 g/mol. The van der Waals surface area contributed by atoms with Crippen LogP contribution in [0, 0.1) is 0 Å². The Hall–Kier alpha value is -1.26. The van der Waals surface area contributed by atoms with Crippen molar-refractivity contribution in [1.29, 1.82) is 0 Å². The van der Waals surface area contributed by atoms with Gasteiger partial charge < -0.3 is 15.6 Å². The van der Waals surface area contributed by atoms with Gasteiger partial charge in [-0.05, 0) is 45.3 Å². The molecule has 1 rings (SSSR count). The molecule has 0 bridgehead atoms. The number of nitrogens with two attached hydrogens (primary N) is 1. The van der Waals surface area contributed by atoms with E-state index in [0.29, 0.717) is 11.4 Å². The van der Waals surface area contributed by atoms with E-state index in [0.717, 1.165) is 0 Å². The molecule has 0 aromatic heterocycles. The fraction of sp³-hybridized carbons (Fsp3) is 0.455. The van der Waals surface area contributed by atoms with Gasteiger partial charge in [0.1, 0.15) is 18.1 Å². The number of aliphatic hydroxyl groups is 1. The number of likely N-dealkylation sites (N-methyl/N-ethyl adjacent to an activating group) is 1. The second-order valence-corrected chi connectivity index (χ2v) is 3.97. The van der Waals surface area contributed by atoms with Crippen molar-refractivity contribution in [3.63, 3.8) is 0 Å². The first-order valence-electron chi connectivity index (χ1n) is 4.80.